The summed E-state index contributed by atoms with van der Waals surface area (Å²) >= 11 is 0. The lowest BCUT2D eigenvalue weighted by Gasteiger charge is -2.54. The molecule has 0 amide bonds. The van der Waals surface area contributed by atoms with Crippen LogP contribution in [0.25, 0.3) is 0 Å². The van der Waals surface area contributed by atoms with E-state index in [2.05, 4.69) is 69.5 Å². The van der Waals surface area contributed by atoms with Crippen LogP contribution in [0.15, 0.2) is 29.3 Å². The van der Waals surface area contributed by atoms with Crippen LogP contribution in [0.5, 0.6) is 0 Å². The van der Waals surface area contributed by atoms with Crippen molar-refractivity contribution in [1.29, 1.82) is 0 Å². The minimum Gasteiger partial charge on any atom is -0.377 e. The number of fused-ring (bicyclic) bond motifs is 1. The third-order valence-corrected chi connectivity index (χ3v) is 5.91. The number of aliphatic imine (C=N–C) groups is 1. The van der Waals surface area contributed by atoms with Crippen molar-refractivity contribution in [3.63, 3.8) is 0 Å². The molecule has 0 spiro atoms. The van der Waals surface area contributed by atoms with Gasteiger partial charge in [-0.1, -0.05) is 50.6 Å². The Morgan fingerprint density at radius 3 is 2.72 bits per heavy atom. The maximum Gasteiger partial charge on any atom is 0.191 e. The molecule has 1 saturated carbocycles. The lowest BCUT2D eigenvalue weighted by Crippen LogP contribution is -2.68. The average Bonchev–Trinajstić information content (AvgIpc) is 3.04. The van der Waals surface area contributed by atoms with Gasteiger partial charge in [-0.15, -0.1) is 0 Å². The van der Waals surface area contributed by atoms with Crippen LogP contribution in [0.4, 0.5) is 0 Å². The summed E-state index contributed by atoms with van der Waals surface area (Å²) in [4.78, 5) is 4.87. The van der Waals surface area contributed by atoms with Gasteiger partial charge in [-0.25, -0.2) is 0 Å². The van der Waals surface area contributed by atoms with Gasteiger partial charge in [-0.3, -0.25) is 4.99 Å². The molecule has 0 bridgehead atoms. The van der Waals surface area contributed by atoms with Crippen molar-refractivity contribution in [2.24, 2.45) is 16.3 Å². The zero-order chi connectivity index (χ0) is 18.0. The Hall–Kier alpha value is -1.55. The van der Waals surface area contributed by atoms with E-state index in [9.17, 15) is 0 Å². The number of guanidine groups is 1. The number of ether oxygens (including phenoxy) is 1. The van der Waals surface area contributed by atoms with Crippen molar-refractivity contribution < 1.29 is 4.74 Å². The summed E-state index contributed by atoms with van der Waals surface area (Å²) in [7, 11) is 0. The molecule has 2 fully saturated rings. The smallest absolute Gasteiger partial charge is 0.191 e. The maximum absolute atomic E-state index is 5.90. The van der Waals surface area contributed by atoms with Crippen molar-refractivity contribution >= 4 is 5.96 Å². The number of nitrogens with one attached hydrogen (secondary N) is 2. The first-order valence-electron chi connectivity index (χ1n) is 9.66. The molecule has 1 aromatic carbocycles. The van der Waals surface area contributed by atoms with Crippen molar-refractivity contribution in [3.8, 4) is 0 Å². The number of rotatable bonds is 5. The summed E-state index contributed by atoms with van der Waals surface area (Å²) < 4.78 is 5.90. The SMILES string of the molecule is CCNC(=NCC(C)c1ccc(C)cc1)NC1C2CCOC2C1(C)C. The minimum absolute atomic E-state index is 0.167. The van der Waals surface area contributed by atoms with Gasteiger partial charge in [0, 0.05) is 43.0 Å². The van der Waals surface area contributed by atoms with Crippen LogP contribution >= 0.6 is 0 Å². The Labute approximate surface area is 152 Å². The van der Waals surface area contributed by atoms with E-state index in [-0.39, 0.29) is 5.41 Å². The van der Waals surface area contributed by atoms with Crippen LogP contribution in [-0.2, 0) is 4.74 Å². The van der Waals surface area contributed by atoms with Crippen LogP contribution in [-0.4, -0.2) is 37.8 Å². The predicted octanol–water partition coefficient (Wildman–Crippen LogP) is 3.47. The Morgan fingerprint density at radius 2 is 2.04 bits per heavy atom. The highest BCUT2D eigenvalue weighted by Crippen LogP contribution is 2.52. The lowest BCUT2D eigenvalue weighted by molar-refractivity contribution is -0.106. The standard InChI is InChI=1S/C21H33N3O/c1-6-22-20(23-13-15(3)16-9-7-14(2)8-10-16)24-18-17-11-12-25-19(17)21(18,4)5/h7-10,15,17-19H,6,11-13H2,1-5H3,(H2,22,23,24). The van der Waals surface area contributed by atoms with E-state index >= 15 is 0 Å². The number of benzene rings is 1. The monoisotopic (exact) mass is 343 g/mol. The Morgan fingerprint density at radius 1 is 1.32 bits per heavy atom. The fourth-order valence-electron chi connectivity index (χ4n) is 4.31. The Kier molecular flexibility index (Phi) is 5.38. The number of nitrogens with zero attached hydrogens (tertiary/aromatic N) is 1. The van der Waals surface area contributed by atoms with Crippen molar-refractivity contribution in [3.05, 3.63) is 35.4 Å². The zero-order valence-electron chi connectivity index (χ0n) is 16.3. The Balaban J connectivity index is 1.64. The molecule has 4 heteroatoms. The fraction of sp³-hybridized carbons (Fsp3) is 0.667. The van der Waals surface area contributed by atoms with Gasteiger partial charge in [0.1, 0.15) is 0 Å². The normalized spacial score (nSPS) is 28.8. The van der Waals surface area contributed by atoms with Crippen LogP contribution in [0.2, 0.25) is 0 Å². The Bertz CT molecular complexity index is 608. The second kappa shape index (κ2) is 7.36. The van der Waals surface area contributed by atoms with Crippen LogP contribution < -0.4 is 10.6 Å². The van der Waals surface area contributed by atoms with E-state index < -0.39 is 0 Å². The fourth-order valence-corrected chi connectivity index (χ4v) is 4.31. The molecule has 4 nitrogen and oxygen atoms in total. The molecule has 4 atom stereocenters. The van der Waals surface area contributed by atoms with Crippen molar-refractivity contribution in [2.75, 3.05) is 19.7 Å². The maximum atomic E-state index is 5.90. The molecule has 1 saturated heterocycles. The highest BCUT2D eigenvalue weighted by Gasteiger charge is 2.59. The molecule has 1 heterocycles. The van der Waals surface area contributed by atoms with Gasteiger partial charge in [0.05, 0.1) is 6.10 Å². The number of aryl methyl sites for hydroxylation is 1. The molecule has 0 radical (unpaired) electrons. The average molecular weight is 344 g/mol. The molecule has 1 aliphatic heterocycles. The van der Waals surface area contributed by atoms with Crippen LogP contribution in [0.3, 0.4) is 0 Å². The highest BCUT2D eigenvalue weighted by molar-refractivity contribution is 5.80. The molecule has 2 aliphatic rings. The van der Waals surface area contributed by atoms with E-state index in [0.29, 0.717) is 24.0 Å². The molecule has 1 aliphatic carbocycles. The predicted molar refractivity (Wildman–Crippen MR) is 104 cm³/mol. The summed E-state index contributed by atoms with van der Waals surface area (Å²) in [5.41, 5.74) is 2.81. The van der Waals surface area contributed by atoms with Gasteiger partial charge in [0.2, 0.25) is 0 Å². The number of hydrogen-bond acceptors (Lipinski definition) is 2. The third kappa shape index (κ3) is 3.69. The van der Waals surface area contributed by atoms with E-state index in [1.807, 2.05) is 0 Å². The van der Waals surface area contributed by atoms with E-state index in [1.165, 1.54) is 11.1 Å². The first kappa shape index (κ1) is 18.2. The van der Waals surface area contributed by atoms with Gasteiger partial charge in [-0.05, 0) is 25.8 Å². The zero-order valence-corrected chi connectivity index (χ0v) is 16.3. The summed E-state index contributed by atoms with van der Waals surface area (Å²) in [6.45, 7) is 13.7. The van der Waals surface area contributed by atoms with Gasteiger partial charge < -0.3 is 15.4 Å². The minimum atomic E-state index is 0.167. The molecule has 1 aromatic rings. The molecule has 3 rings (SSSR count). The molecule has 2 N–H and O–H groups in total. The second-order valence-corrected chi connectivity index (χ2v) is 8.22. The van der Waals surface area contributed by atoms with E-state index in [0.717, 1.165) is 32.1 Å². The van der Waals surface area contributed by atoms with Crippen LogP contribution in [0, 0.1) is 18.3 Å². The molecule has 4 unspecified atom stereocenters. The first-order valence-corrected chi connectivity index (χ1v) is 9.66. The van der Waals surface area contributed by atoms with E-state index in [4.69, 9.17) is 9.73 Å². The van der Waals surface area contributed by atoms with E-state index in [1.54, 1.807) is 0 Å². The van der Waals surface area contributed by atoms with Gasteiger partial charge >= 0.3 is 0 Å². The van der Waals surface area contributed by atoms with Gasteiger partial charge in [0.15, 0.2) is 5.96 Å². The summed E-state index contributed by atoms with van der Waals surface area (Å²) in [5, 5.41) is 7.10. The molecular weight excluding hydrogens is 310 g/mol. The summed E-state index contributed by atoms with van der Waals surface area (Å²) in [5.74, 6) is 1.96. The van der Waals surface area contributed by atoms with Gasteiger partial charge in [0.25, 0.3) is 0 Å². The molecule has 138 valence electrons. The van der Waals surface area contributed by atoms with Crippen molar-refractivity contribution in [1.82, 2.24) is 10.6 Å². The number of hydrogen-bond donors (Lipinski definition) is 2. The first-order chi connectivity index (χ1) is 11.9. The second-order valence-electron chi connectivity index (χ2n) is 8.22. The largest absolute Gasteiger partial charge is 0.377 e. The van der Waals surface area contributed by atoms with Crippen molar-refractivity contribution in [2.45, 2.75) is 59.1 Å². The molecule has 0 aromatic heterocycles. The molecule has 25 heavy (non-hydrogen) atoms. The van der Waals surface area contributed by atoms with Gasteiger partial charge in [-0.2, -0.15) is 0 Å². The lowest BCUT2D eigenvalue weighted by atomic mass is 9.57. The topological polar surface area (TPSA) is 45.7 Å². The summed E-state index contributed by atoms with van der Waals surface area (Å²) in [6, 6.07) is 9.22. The van der Waals surface area contributed by atoms with Crippen LogP contribution in [0.1, 0.15) is 51.2 Å². The highest BCUT2D eigenvalue weighted by atomic mass is 16.5. The molecular formula is C21H33N3O. The quantitative estimate of drug-likeness (QED) is 0.636. The summed E-state index contributed by atoms with van der Waals surface area (Å²) in [6.07, 6.45) is 1.56. The third-order valence-electron chi connectivity index (χ3n) is 5.91.